The lowest BCUT2D eigenvalue weighted by molar-refractivity contribution is -0.118. The number of benzene rings is 2. The highest BCUT2D eigenvalue weighted by Crippen LogP contribution is 2.30. The van der Waals surface area contributed by atoms with E-state index in [-0.39, 0.29) is 18.4 Å². The third-order valence-electron chi connectivity index (χ3n) is 4.34. The van der Waals surface area contributed by atoms with Gasteiger partial charge in [-0.3, -0.25) is 9.59 Å². The first-order valence-electron chi connectivity index (χ1n) is 8.49. The molecule has 0 saturated carbocycles. The highest BCUT2D eigenvalue weighted by Gasteiger charge is 2.22. The van der Waals surface area contributed by atoms with Gasteiger partial charge in [-0.05, 0) is 54.3 Å². The van der Waals surface area contributed by atoms with Crippen LogP contribution < -0.4 is 15.0 Å². The fourth-order valence-electron chi connectivity index (χ4n) is 2.97. The average molecular weight is 338 g/mol. The summed E-state index contributed by atoms with van der Waals surface area (Å²) in [5.74, 6) is 0.511. The summed E-state index contributed by atoms with van der Waals surface area (Å²) in [6, 6.07) is 13.3. The number of fused-ring (bicyclic) bond motifs is 1. The summed E-state index contributed by atoms with van der Waals surface area (Å²) < 4.78 is 5.52. The molecule has 5 heteroatoms. The summed E-state index contributed by atoms with van der Waals surface area (Å²) in [6.45, 7) is 4.31. The van der Waals surface area contributed by atoms with Gasteiger partial charge >= 0.3 is 0 Å². The number of carbonyl (C=O) groups excluding carboxylic acids is 2. The molecule has 0 aliphatic carbocycles. The number of ether oxygens (including phenoxy) is 1. The minimum Gasteiger partial charge on any atom is -0.484 e. The second-order valence-electron chi connectivity index (χ2n) is 6.10. The number of carbonyl (C=O) groups is 2. The minimum atomic E-state index is -0.207. The van der Waals surface area contributed by atoms with E-state index in [0.717, 1.165) is 29.8 Å². The standard InChI is InChI=1S/C20H22N2O3/c1-3-15-4-7-18(8-5-15)25-13-20(24)21-17-6-9-19-16(12-17)10-11-22(19)14(2)23/h4-9,12H,3,10-11,13H2,1-2H3,(H,21,24). The number of anilines is 2. The van der Waals surface area contributed by atoms with E-state index in [1.165, 1.54) is 5.56 Å². The number of amides is 2. The van der Waals surface area contributed by atoms with Crippen LogP contribution in [0.15, 0.2) is 42.5 Å². The number of nitrogens with one attached hydrogen (secondary N) is 1. The summed E-state index contributed by atoms with van der Waals surface area (Å²) in [7, 11) is 0. The van der Waals surface area contributed by atoms with E-state index >= 15 is 0 Å². The van der Waals surface area contributed by atoms with Crippen molar-refractivity contribution >= 4 is 23.2 Å². The number of hydrogen-bond donors (Lipinski definition) is 1. The van der Waals surface area contributed by atoms with E-state index in [1.54, 1.807) is 11.8 Å². The van der Waals surface area contributed by atoms with Crippen molar-refractivity contribution in [3.05, 3.63) is 53.6 Å². The Morgan fingerprint density at radius 2 is 1.92 bits per heavy atom. The zero-order valence-corrected chi connectivity index (χ0v) is 14.5. The van der Waals surface area contributed by atoms with Crippen molar-refractivity contribution in [1.29, 1.82) is 0 Å². The van der Waals surface area contributed by atoms with Gasteiger partial charge in [-0.2, -0.15) is 0 Å². The van der Waals surface area contributed by atoms with Gasteiger partial charge in [-0.15, -0.1) is 0 Å². The molecule has 3 rings (SSSR count). The van der Waals surface area contributed by atoms with Crippen molar-refractivity contribution in [2.75, 3.05) is 23.4 Å². The van der Waals surface area contributed by atoms with Gasteiger partial charge in [0, 0.05) is 24.8 Å². The van der Waals surface area contributed by atoms with Gasteiger partial charge in [0.15, 0.2) is 6.61 Å². The molecule has 0 bridgehead atoms. The van der Waals surface area contributed by atoms with Gasteiger partial charge in [0.1, 0.15) is 5.75 Å². The Labute approximate surface area is 147 Å². The highest BCUT2D eigenvalue weighted by molar-refractivity contribution is 5.95. The Kier molecular flexibility index (Phi) is 5.03. The van der Waals surface area contributed by atoms with Crippen LogP contribution in [-0.2, 0) is 22.4 Å². The third-order valence-corrected chi connectivity index (χ3v) is 4.34. The van der Waals surface area contributed by atoms with E-state index in [4.69, 9.17) is 4.74 Å². The molecule has 5 nitrogen and oxygen atoms in total. The fourth-order valence-corrected chi connectivity index (χ4v) is 2.97. The molecule has 0 spiro atoms. The van der Waals surface area contributed by atoms with Crippen molar-refractivity contribution in [3.8, 4) is 5.75 Å². The molecular formula is C20H22N2O3. The first-order chi connectivity index (χ1) is 12.1. The molecule has 1 N–H and O–H groups in total. The van der Waals surface area contributed by atoms with Crippen LogP contribution in [0.2, 0.25) is 0 Å². The maximum atomic E-state index is 12.1. The van der Waals surface area contributed by atoms with Crippen LogP contribution in [0.4, 0.5) is 11.4 Å². The van der Waals surface area contributed by atoms with Gasteiger partial charge in [-0.1, -0.05) is 19.1 Å². The molecule has 25 heavy (non-hydrogen) atoms. The Hall–Kier alpha value is -2.82. The first kappa shape index (κ1) is 17.0. The van der Waals surface area contributed by atoms with Crippen LogP contribution in [0.3, 0.4) is 0 Å². The molecule has 1 aliphatic heterocycles. The molecule has 130 valence electrons. The predicted octanol–water partition coefficient (Wildman–Crippen LogP) is 3.18. The molecule has 0 atom stereocenters. The summed E-state index contributed by atoms with van der Waals surface area (Å²) in [5.41, 5.74) is 3.95. The fraction of sp³-hybridized carbons (Fsp3) is 0.300. The Morgan fingerprint density at radius 3 is 2.60 bits per heavy atom. The first-order valence-corrected chi connectivity index (χ1v) is 8.49. The van der Waals surface area contributed by atoms with E-state index < -0.39 is 0 Å². The van der Waals surface area contributed by atoms with Crippen molar-refractivity contribution in [2.24, 2.45) is 0 Å². The monoisotopic (exact) mass is 338 g/mol. The SMILES string of the molecule is CCc1ccc(OCC(=O)Nc2ccc3c(c2)CCN3C(C)=O)cc1. The van der Waals surface area contributed by atoms with Crippen LogP contribution in [0, 0.1) is 0 Å². The quantitative estimate of drug-likeness (QED) is 0.911. The minimum absolute atomic E-state index is 0.0396. The molecule has 0 radical (unpaired) electrons. The van der Waals surface area contributed by atoms with Crippen molar-refractivity contribution < 1.29 is 14.3 Å². The Balaban J connectivity index is 1.57. The molecule has 2 aromatic carbocycles. The highest BCUT2D eigenvalue weighted by atomic mass is 16.5. The van der Waals surface area contributed by atoms with Gasteiger partial charge in [0.25, 0.3) is 5.91 Å². The largest absolute Gasteiger partial charge is 0.484 e. The lowest BCUT2D eigenvalue weighted by Gasteiger charge is -2.15. The van der Waals surface area contributed by atoms with Crippen molar-refractivity contribution in [1.82, 2.24) is 0 Å². The zero-order valence-electron chi connectivity index (χ0n) is 14.5. The molecule has 0 unspecified atom stereocenters. The Morgan fingerprint density at radius 1 is 1.16 bits per heavy atom. The maximum absolute atomic E-state index is 12.1. The predicted molar refractivity (Wildman–Crippen MR) is 98.1 cm³/mol. The van der Waals surface area contributed by atoms with E-state index in [1.807, 2.05) is 42.5 Å². The third kappa shape index (κ3) is 3.99. The van der Waals surface area contributed by atoms with Crippen LogP contribution in [0.5, 0.6) is 5.75 Å². The van der Waals surface area contributed by atoms with Crippen molar-refractivity contribution in [3.63, 3.8) is 0 Å². The molecule has 2 amide bonds. The van der Waals surface area contributed by atoms with Crippen LogP contribution in [-0.4, -0.2) is 25.0 Å². The Bertz CT molecular complexity index is 784. The number of aryl methyl sites for hydroxylation is 1. The zero-order chi connectivity index (χ0) is 17.8. The number of nitrogens with zero attached hydrogens (tertiary/aromatic N) is 1. The normalized spacial score (nSPS) is 12.6. The second kappa shape index (κ2) is 7.38. The molecular weight excluding hydrogens is 316 g/mol. The smallest absolute Gasteiger partial charge is 0.262 e. The summed E-state index contributed by atoms with van der Waals surface area (Å²) in [5, 5.41) is 2.84. The van der Waals surface area contributed by atoms with Crippen LogP contribution in [0.1, 0.15) is 25.0 Å². The van der Waals surface area contributed by atoms with Crippen LogP contribution >= 0.6 is 0 Å². The molecule has 1 heterocycles. The van der Waals surface area contributed by atoms with Gasteiger partial charge < -0.3 is 15.0 Å². The molecule has 1 aliphatic rings. The molecule has 0 saturated heterocycles. The van der Waals surface area contributed by atoms with Gasteiger partial charge in [-0.25, -0.2) is 0 Å². The van der Waals surface area contributed by atoms with E-state index in [0.29, 0.717) is 12.3 Å². The maximum Gasteiger partial charge on any atom is 0.262 e. The van der Waals surface area contributed by atoms with Crippen molar-refractivity contribution in [2.45, 2.75) is 26.7 Å². The summed E-state index contributed by atoms with van der Waals surface area (Å²) in [4.78, 5) is 25.4. The summed E-state index contributed by atoms with van der Waals surface area (Å²) in [6.07, 6.45) is 1.78. The average Bonchev–Trinajstić information content (AvgIpc) is 3.04. The van der Waals surface area contributed by atoms with Gasteiger partial charge in [0.05, 0.1) is 0 Å². The summed E-state index contributed by atoms with van der Waals surface area (Å²) >= 11 is 0. The molecule has 2 aromatic rings. The number of hydrogen-bond acceptors (Lipinski definition) is 3. The van der Waals surface area contributed by atoms with E-state index in [2.05, 4.69) is 12.2 Å². The molecule has 0 aromatic heterocycles. The second-order valence-corrected chi connectivity index (χ2v) is 6.10. The molecule has 0 fully saturated rings. The van der Waals surface area contributed by atoms with Gasteiger partial charge in [0.2, 0.25) is 5.91 Å². The lowest BCUT2D eigenvalue weighted by Crippen LogP contribution is -2.25. The lowest BCUT2D eigenvalue weighted by atomic mass is 10.1. The number of rotatable bonds is 5. The van der Waals surface area contributed by atoms with E-state index in [9.17, 15) is 9.59 Å². The topological polar surface area (TPSA) is 58.6 Å². The van der Waals surface area contributed by atoms with Crippen LogP contribution in [0.25, 0.3) is 0 Å².